The zero-order valence-electron chi connectivity index (χ0n) is 13.8. The van der Waals surface area contributed by atoms with E-state index in [2.05, 4.69) is 10.6 Å². The maximum absolute atomic E-state index is 12.1. The third kappa shape index (κ3) is 3.48. The van der Waals surface area contributed by atoms with E-state index in [4.69, 9.17) is 5.11 Å². The van der Waals surface area contributed by atoms with Crippen LogP contribution in [0.15, 0.2) is 24.5 Å². The van der Waals surface area contributed by atoms with Crippen molar-refractivity contribution in [1.29, 1.82) is 0 Å². The molecule has 2 aromatic heterocycles. The third-order valence-electron chi connectivity index (χ3n) is 3.53. The van der Waals surface area contributed by atoms with Gasteiger partial charge in [0.2, 0.25) is 5.91 Å². The van der Waals surface area contributed by atoms with Crippen molar-refractivity contribution in [3.8, 4) is 5.69 Å². The average molecular weight is 332 g/mol. The van der Waals surface area contributed by atoms with Gasteiger partial charge in [0, 0.05) is 32.9 Å². The van der Waals surface area contributed by atoms with Crippen molar-refractivity contribution in [2.75, 3.05) is 12.4 Å². The molecule has 0 spiro atoms. The van der Waals surface area contributed by atoms with Gasteiger partial charge in [-0.15, -0.1) is 0 Å². The number of nitrogens with one attached hydrogen (secondary N) is 2. The fourth-order valence-corrected chi connectivity index (χ4v) is 2.39. The van der Waals surface area contributed by atoms with E-state index in [0.717, 1.165) is 6.42 Å². The highest BCUT2D eigenvalue weighted by atomic mass is 16.4. The summed E-state index contributed by atoms with van der Waals surface area (Å²) in [5, 5.41) is 14.4. The van der Waals surface area contributed by atoms with Crippen LogP contribution in [0.1, 0.15) is 40.7 Å². The van der Waals surface area contributed by atoms with Crippen LogP contribution in [0.5, 0.6) is 0 Å². The molecule has 0 radical (unpaired) electrons. The van der Waals surface area contributed by atoms with Crippen LogP contribution in [0.4, 0.5) is 5.69 Å². The Morgan fingerprint density at radius 3 is 2.42 bits per heavy atom. The monoisotopic (exact) mass is 332 g/mol. The molecule has 0 aromatic carbocycles. The van der Waals surface area contributed by atoms with Gasteiger partial charge in [0.15, 0.2) is 0 Å². The maximum Gasteiger partial charge on any atom is 0.352 e. The number of hydrogen-bond donors (Lipinski definition) is 3. The lowest BCUT2D eigenvalue weighted by Crippen LogP contribution is -2.20. The number of aromatic nitrogens is 2. The summed E-state index contributed by atoms with van der Waals surface area (Å²) in [7, 11) is 3.11. The van der Waals surface area contributed by atoms with E-state index in [-0.39, 0.29) is 17.5 Å². The van der Waals surface area contributed by atoms with Gasteiger partial charge in [0.05, 0.1) is 11.4 Å². The molecule has 0 unspecified atom stereocenters. The number of carboxylic acid groups (broad SMARTS) is 1. The first-order valence-electron chi connectivity index (χ1n) is 7.51. The highest BCUT2D eigenvalue weighted by Crippen LogP contribution is 2.21. The first-order valence-corrected chi connectivity index (χ1v) is 7.51. The number of carbonyl (C=O) groups is 3. The molecule has 128 valence electrons. The van der Waals surface area contributed by atoms with Gasteiger partial charge in [0.1, 0.15) is 11.4 Å². The zero-order chi connectivity index (χ0) is 17.9. The average Bonchev–Trinajstić information content (AvgIpc) is 3.10. The fourth-order valence-electron chi connectivity index (χ4n) is 2.39. The highest BCUT2D eigenvalue weighted by Gasteiger charge is 2.18. The highest BCUT2D eigenvalue weighted by molar-refractivity contribution is 5.97. The topological polar surface area (TPSA) is 105 Å². The molecule has 0 aliphatic rings. The van der Waals surface area contributed by atoms with Crippen molar-refractivity contribution in [1.82, 2.24) is 14.5 Å². The van der Waals surface area contributed by atoms with Gasteiger partial charge in [-0.05, 0) is 18.6 Å². The van der Waals surface area contributed by atoms with Gasteiger partial charge in [-0.25, -0.2) is 4.79 Å². The predicted molar refractivity (Wildman–Crippen MR) is 88.6 cm³/mol. The molecule has 0 aliphatic heterocycles. The Morgan fingerprint density at radius 1 is 1.17 bits per heavy atom. The number of carboxylic acids is 1. The van der Waals surface area contributed by atoms with Crippen molar-refractivity contribution >= 4 is 23.5 Å². The van der Waals surface area contributed by atoms with Crippen LogP contribution in [-0.4, -0.2) is 39.1 Å². The molecular weight excluding hydrogens is 312 g/mol. The molecule has 3 N–H and O–H groups in total. The van der Waals surface area contributed by atoms with Gasteiger partial charge >= 0.3 is 5.97 Å². The minimum atomic E-state index is -1.06. The Balaban J connectivity index is 2.45. The Kier molecular flexibility index (Phi) is 5.08. The molecule has 2 amide bonds. The van der Waals surface area contributed by atoms with Gasteiger partial charge in [-0.3, -0.25) is 9.59 Å². The fraction of sp³-hybridized carbons (Fsp3) is 0.312. The first kappa shape index (κ1) is 17.3. The van der Waals surface area contributed by atoms with Crippen LogP contribution in [-0.2, 0) is 11.8 Å². The van der Waals surface area contributed by atoms with E-state index in [0.29, 0.717) is 23.5 Å². The quantitative estimate of drug-likeness (QED) is 0.747. The lowest BCUT2D eigenvalue weighted by atomic mass is 10.3. The second-order valence-electron chi connectivity index (χ2n) is 5.36. The van der Waals surface area contributed by atoms with Gasteiger partial charge in [-0.2, -0.15) is 0 Å². The number of rotatable bonds is 6. The lowest BCUT2D eigenvalue weighted by molar-refractivity contribution is -0.116. The van der Waals surface area contributed by atoms with Crippen molar-refractivity contribution in [3.05, 3.63) is 35.9 Å². The summed E-state index contributed by atoms with van der Waals surface area (Å²) in [4.78, 5) is 35.0. The SMILES string of the molecule is CCCC(=O)Nc1cc(C(=O)NC)n(-c2cc(C(=O)O)n(C)c2)c1. The molecule has 2 heterocycles. The van der Waals surface area contributed by atoms with Gasteiger partial charge in [0.25, 0.3) is 5.91 Å². The summed E-state index contributed by atoms with van der Waals surface area (Å²) in [5.41, 5.74) is 1.39. The summed E-state index contributed by atoms with van der Waals surface area (Å²) in [6.45, 7) is 1.90. The molecule has 2 rings (SSSR count). The van der Waals surface area contributed by atoms with Crippen molar-refractivity contribution < 1.29 is 19.5 Å². The second-order valence-corrected chi connectivity index (χ2v) is 5.36. The number of amides is 2. The summed E-state index contributed by atoms with van der Waals surface area (Å²) in [6, 6.07) is 3.02. The van der Waals surface area contributed by atoms with Crippen molar-refractivity contribution in [2.24, 2.45) is 7.05 Å². The van der Waals surface area contributed by atoms with Gasteiger partial charge < -0.3 is 24.9 Å². The number of carbonyl (C=O) groups excluding carboxylic acids is 2. The number of hydrogen-bond acceptors (Lipinski definition) is 3. The number of nitrogens with zero attached hydrogens (tertiary/aromatic N) is 2. The van der Waals surface area contributed by atoms with Crippen LogP contribution in [0.25, 0.3) is 5.69 Å². The normalized spacial score (nSPS) is 10.5. The van der Waals surface area contributed by atoms with E-state index in [1.54, 1.807) is 30.1 Å². The molecule has 2 aromatic rings. The van der Waals surface area contributed by atoms with E-state index in [1.807, 2.05) is 6.92 Å². The minimum Gasteiger partial charge on any atom is -0.477 e. The van der Waals surface area contributed by atoms with E-state index >= 15 is 0 Å². The number of aryl methyl sites for hydroxylation is 1. The smallest absolute Gasteiger partial charge is 0.352 e. The Morgan fingerprint density at radius 2 is 1.88 bits per heavy atom. The van der Waals surface area contributed by atoms with Crippen LogP contribution < -0.4 is 10.6 Å². The van der Waals surface area contributed by atoms with Gasteiger partial charge in [-0.1, -0.05) is 6.92 Å². The van der Waals surface area contributed by atoms with Crippen molar-refractivity contribution in [2.45, 2.75) is 19.8 Å². The van der Waals surface area contributed by atoms with E-state index in [1.165, 1.54) is 17.7 Å². The molecule has 0 atom stereocenters. The largest absolute Gasteiger partial charge is 0.477 e. The van der Waals surface area contributed by atoms with Crippen LogP contribution in [0.3, 0.4) is 0 Å². The standard InChI is InChI=1S/C16H20N4O4/c1-4-5-14(21)18-10-6-12(15(22)17-2)20(8-10)11-7-13(16(23)24)19(3)9-11/h6-9H,4-5H2,1-3H3,(H,17,22)(H,18,21)(H,23,24). The van der Waals surface area contributed by atoms with Crippen LogP contribution >= 0.6 is 0 Å². The Hall–Kier alpha value is -3.03. The molecule has 0 fully saturated rings. The molecule has 0 saturated carbocycles. The summed E-state index contributed by atoms with van der Waals surface area (Å²) in [6.07, 6.45) is 4.30. The predicted octanol–water partition coefficient (Wildman–Crippen LogP) is 1.61. The minimum absolute atomic E-state index is 0.0955. The van der Waals surface area contributed by atoms with Crippen LogP contribution in [0.2, 0.25) is 0 Å². The molecule has 0 saturated heterocycles. The first-order chi connectivity index (χ1) is 11.4. The van der Waals surface area contributed by atoms with Crippen LogP contribution in [0, 0.1) is 0 Å². The van der Waals surface area contributed by atoms with E-state index < -0.39 is 5.97 Å². The van der Waals surface area contributed by atoms with Crippen molar-refractivity contribution in [3.63, 3.8) is 0 Å². The summed E-state index contributed by atoms with van der Waals surface area (Å²) < 4.78 is 3.01. The summed E-state index contributed by atoms with van der Waals surface area (Å²) >= 11 is 0. The molecule has 8 heteroatoms. The number of aromatic carboxylic acids is 1. The molecule has 24 heavy (non-hydrogen) atoms. The molecule has 0 bridgehead atoms. The maximum atomic E-state index is 12.1. The van der Waals surface area contributed by atoms with E-state index in [9.17, 15) is 14.4 Å². The zero-order valence-corrected chi connectivity index (χ0v) is 13.8. The second kappa shape index (κ2) is 7.03. The third-order valence-corrected chi connectivity index (χ3v) is 3.53. The molecule has 8 nitrogen and oxygen atoms in total. The molecular formula is C16H20N4O4. The lowest BCUT2D eigenvalue weighted by Gasteiger charge is -2.05. The summed E-state index contributed by atoms with van der Waals surface area (Å²) in [5.74, 6) is -1.54. The molecule has 0 aliphatic carbocycles. The number of anilines is 1. The Bertz CT molecular complexity index is 788. The Labute approximate surface area is 139 Å².